The van der Waals surface area contributed by atoms with Crippen LogP contribution in [0.5, 0.6) is 11.8 Å². The average Bonchev–Trinajstić information content (AvgIpc) is 3.28. The highest BCUT2D eigenvalue weighted by atomic mass is 19.1. The first-order valence-corrected chi connectivity index (χ1v) is 13.9. The van der Waals surface area contributed by atoms with E-state index in [0.29, 0.717) is 52.5 Å². The second-order valence-corrected chi connectivity index (χ2v) is 10.8. The Morgan fingerprint density at radius 3 is 2.62 bits per heavy atom. The highest BCUT2D eigenvalue weighted by Gasteiger charge is 2.29. The van der Waals surface area contributed by atoms with Crippen LogP contribution in [0.2, 0.25) is 0 Å². The van der Waals surface area contributed by atoms with Crippen LogP contribution in [-0.4, -0.2) is 75.5 Å². The van der Waals surface area contributed by atoms with Crippen molar-refractivity contribution in [2.75, 3.05) is 38.2 Å². The van der Waals surface area contributed by atoms with Crippen LogP contribution in [0.4, 0.5) is 14.6 Å². The summed E-state index contributed by atoms with van der Waals surface area (Å²) in [7, 11) is 1.93. The molecule has 0 bridgehead atoms. The Bertz CT molecular complexity index is 1580. The van der Waals surface area contributed by atoms with Crippen molar-refractivity contribution in [2.24, 2.45) is 0 Å². The van der Waals surface area contributed by atoms with Crippen LogP contribution in [0.3, 0.4) is 0 Å². The highest BCUT2D eigenvalue weighted by molar-refractivity contribution is 6.01. The smallest absolute Gasteiger partial charge is 0.319 e. The summed E-state index contributed by atoms with van der Waals surface area (Å²) < 4.78 is 37.3. The fourth-order valence-electron chi connectivity index (χ4n) is 6.07. The number of ether oxygens (including phenoxy) is 1. The standard InChI is InChI=1S/C30H33F2N5O3/c1-3-21-24(31)8-7-17-11-19(38)13-22(25(17)21)27-26(32)28-23(14-33-27)29(37-9-5-4-6-10-37)35-30(34-28)40-16-18-12-20(39)15-36(18)2/h7-8,11,13-14,18,20,38-39H,3-6,9-10,12,15-16H2,1-2H3/t18-,20+/m0/s1. The van der Waals surface area contributed by atoms with E-state index in [0.717, 1.165) is 32.4 Å². The number of fused-ring (bicyclic) bond motifs is 2. The molecule has 0 spiro atoms. The van der Waals surface area contributed by atoms with Gasteiger partial charge in [0, 0.05) is 37.4 Å². The van der Waals surface area contributed by atoms with Crippen molar-refractivity contribution in [3.63, 3.8) is 0 Å². The minimum absolute atomic E-state index is 0.00778. The Morgan fingerprint density at radius 1 is 1.10 bits per heavy atom. The molecular formula is C30H33F2N5O3. The molecule has 6 rings (SSSR count). The number of hydrogen-bond donors (Lipinski definition) is 2. The molecule has 10 heteroatoms. The number of nitrogens with zero attached hydrogens (tertiary/aromatic N) is 5. The summed E-state index contributed by atoms with van der Waals surface area (Å²) in [6, 6.07) is 5.94. The Kier molecular flexibility index (Phi) is 7.14. The third-order valence-corrected chi connectivity index (χ3v) is 8.13. The van der Waals surface area contributed by atoms with Crippen molar-refractivity contribution in [1.29, 1.82) is 0 Å². The van der Waals surface area contributed by atoms with Crippen LogP contribution in [-0.2, 0) is 6.42 Å². The molecule has 0 amide bonds. The van der Waals surface area contributed by atoms with E-state index in [1.165, 1.54) is 18.2 Å². The quantitative estimate of drug-likeness (QED) is 0.353. The second-order valence-electron chi connectivity index (χ2n) is 10.8. The maximum Gasteiger partial charge on any atom is 0.319 e. The largest absolute Gasteiger partial charge is 0.508 e. The number of pyridine rings is 1. The lowest BCUT2D eigenvalue weighted by Crippen LogP contribution is -2.32. The number of aliphatic hydroxyl groups is 1. The number of aryl methyl sites for hydroxylation is 1. The molecular weight excluding hydrogens is 516 g/mol. The predicted octanol–water partition coefficient (Wildman–Crippen LogP) is 4.83. The monoisotopic (exact) mass is 549 g/mol. The zero-order valence-corrected chi connectivity index (χ0v) is 22.7. The van der Waals surface area contributed by atoms with E-state index >= 15 is 4.39 Å². The van der Waals surface area contributed by atoms with Crippen molar-refractivity contribution in [1.82, 2.24) is 19.9 Å². The van der Waals surface area contributed by atoms with Crippen LogP contribution in [0.1, 0.15) is 38.2 Å². The lowest BCUT2D eigenvalue weighted by atomic mass is 9.94. The van der Waals surface area contributed by atoms with Gasteiger partial charge in [-0.1, -0.05) is 13.0 Å². The molecule has 0 saturated carbocycles. The molecule has 4 aromatic rings. The molecule has 0 aliphatic carbocycles. The van der Waals surface area contributed by atoms with Crippen LogP contribution >= 0.6 is 0 Å². The Morgan fingerprint density at radius 2 is 1.90 bits per heavy atom. The molecule has 2 aliphatic rings. The van der Waals surface area contributed by atoms with Crippen molar-refractivity contribution in [2.45, 2.75) is 51.2 Å². The lowest BCUT2D eigenvalue weighted by Gasteiger charge is -2.29. The summed E-state index contributed by atoms with van der Waals surface area (Å²) in [5.41, 5.74) is 0.758. The number of benzene rings is 2. The van der Waals surface area contributed by atoms with Gasteiger partial charge in [-0.25, -0.2) is 8.78 Å². The molecule has 8 nitrogen and oxygen atoms in total. The number of aromatic nitrogens is 3. The molecule has 2 saturated heterocycles. The minimum atomic E-state index is -0.686. The molecule has 2 fully saturated rings. The number of phenols is 1. The van der Waals surface area contributed by atoms with E-state index in [1.807, 2.05) is 18.9 Å². The predicted molar refractivity (Wildman–Crippen MR) is 150 cm³/mol. The number of aromatic hydroxyl groups is 1. The number of phenolic OH excluding ortho intramolecular Hbond substituents is 1. The average molecular weight is 550 g/mol. The van der Waals surface area contributed by atoms with Crippen LogP contribution in [0, 0.1) is 11.6 Å². The van der Waals surface area contributed by atoms with Crippen LogP contribution in [0.25, 0.3) is 32.9 Å². The highest BCUT2D eigenvalue weighted by Crippen LogP contribution is 2.39. The van der Waals surface area contributed by atoms with Gasteiger partial charge in [0.05, 0.1) is 11.5 Å². The number of likely N-dealkylation sites (N-methyl/N-ethyl adjacent to an activating group) is 1. The van der Waals surface area contributed by atoms with E-state index in [-0.39, 0.29) is 35.6 Å². The number of anilines is 1. The number of hydrogen-bond acceptors (Lipinski definition) is 8. The second kappa shape index (κ2) is 10.7. The Balaban J connectivity index is 1.50. The number of rotatable bonds is 6. The fraction of sp³-hybridized carbons (Fsp3) is 0.433. The normalized spacial score (nSPS) is 20.1. The molecule has 2 aromatic heterocycles. The summed E-state index contributed by atoms with van der Waals surface area (Å²) in [6.45, 7) is 4.22. The summed E-state index contributed by atoms with van der Waals surface area (Å²) in [5.74, 6) is -0.579. The number of halogens is 2. The SMILES string of the molecule is CCc1c(F)ccc2cc(O)cc(-c3ncc4c(N5CCCCC5)nc(OC[C@@H]5C[C@@H](O)CN5C)nc4c3F)c12. The molecule has 2 aromatic carbocycles. The van der Waals surface area contributed by atoms with Gasteiger partial charge >= 0.3 is 6.01 Å². The van der Waals surface area contributed by atoms with Gasteiger partial charge in [0.2, 0.25) is 0 Å². The lowest BCUT2D eigenvalue weighted by molar-refractivity contribution is 0.182. The number of β-amino-alcohol motifs (C(OH)–C–C–N with tert-alkyl or cyclic N) is 1. The van der Waals surface area contributed by atoms with Crippen molar-refractivity contribution in [3.05, 3.63) is 47.7 Å². The summed E-state index contributed by atoms with van der Waals surface area (Å²) in [6.07, 6.45) is 5.23. The minimum Gasteiger partial charge on any atom is -0.508 e. The maximum absolute atomic E-state index is 16.5. The van der Waals surface area contributed by atoms with E-state index < -0.39 is 17.7 Å². The number of piperidine rings is 1. The topological polar surface area (TPSA) is 94.8 Å². The summed E-state index contributed by atoms with van der Waals surface area (Å²) in [5, 5.41) is 22.1. The molecule has 4 heterocycles. The molecule has 2 atom stereocenters. The van der Waals surface area contributed by atoms with Gasteiger partial charge in [-0.05, 0) is 73.7 Å². The molecule has 0 radical (unpaired) electrons. The maximum atomic E-state index is 16.5. The van der Waals surface area contributed by atoms with E-state index in [4.69, 9.17) is 9.72 Å². The Labute approximate surface area is 231 Å². The summed E-state index contributed by atoms with van der Waals surface area (Å²) in [4.78, 5) is 17.8. The van der Waals surface area contributed by atoms with Gasteiger partial charge in [0.1, 0.15) is 35.2 Å². The first-order chi connectivity index (χ1) is 19.3. The zero-order valence-electron chi connectivity index (χ0n) is 22.7. The number of aliphatic hydroxyl groups excluding tert-OH is 1. The van der Waals surface area contributed by atoms with E-state index in [1.54, 1.807) is 12.3 Å². The van der Waals surface area contributed by atoms with Gasteiger partial charge in [0.25, 0.3) is 0 Å². The third-order valence-electron chi connectivity index (χ3n) is 8.13. The fourth-order valence-corrected chi connectivity index (χ4v) is 6.07. The third kappa shape index (κ3) is 4.79. The molecule has 2 aliphatic heterocycles. The van der Waals surface area contributed by atoms with E-state index in [2.05, 4.69) is 14.9 Å². The zero-order chi connectivity index (χ0) is 28.0. The first-order valence-electron chi connectivity index (χ1n) is 13.9. The van der Waals surface area contributed by atoms with Crippen LogP contribution in [0.15, 0.2) is 30.5 Å². The van der Waals surface area contributed by atoms with Gasteiger partial charge in [0.15, 0.2) is 5.82 Å². The molecule has 40 heavy (non-hydrogen) atoms. The van der Waals surface area contributed by atoms with Gasteiger partial charge < -0.3 is 19.8 Å². The Hall–Kier alpha value is -3.63. The van der Waals surface area contributed by atoms with Gasteiger partial charge in [-0.3, -0.25) is 9.88 Å². The summed E-state index contributed by atoms with van der Waals surface area (Å²) >= 11 is 0. The van der Waals surface area contributed by atoms with Crippen LogP contribution < -0.4 is 9.64 Å². The first kappa shape index (κ1) is 26.6. The van der Waals surface area contributed by atoms with Gasteiger partial charge in [-0.15, -0.1) is 0 Å². The molecule has 210 valence electrons. The van der Waals surface area contributed by atoms with Crippen molar-refractivity contribution < 1.29 is 23.7 Å². The molecule has 2 N–H and O–H groups in total. The van der Waals surface area contributed by atoms with Crippen molar-refractivity contribution in [3.8, 4) is 23.0 Å². The van der Waals surface area contributed by atoms with Crippen molar-refractivity contribution >= 4 is 27.5 Å². The molecule has 0 unspecified atom stereocenters. The van der Waals surface area contributed by atoms with E-state index in [9.17, 15) is 14.6 Å². The number of likely N-dealkylation sites (tertiary alicyclic amines) is 1. The van der Waals surface area contributed by atoms with Gasteiger partial charge in [-0.2, -0.15) is 9.97 Å².